The van der Waals surface area contributed by atoms with Gasteiger partial charge in [0, 0.05) is 13.2 Å². The highest BCUT2D eigenvalue weighted by Gasteiger charge is 2.37. The summed E-state index contributed by atoms with van der Waals surface area (Å²) in [4.78, 5) is 21.2. The van der Waals surface area contributed by atoms with E-state index in [4.69, 9.17) is 0 Å². The minimum absolute atomic E-state index is 0.0620. The fourth-order valence-corrected chi connectivity index (χ4v) is 2.13. The standard InChI is InChI=1S/C11H9F2O3P/c12-11(13,17(14,15)16)10-7-3-5-8-4-1-2-6-9(8)10/h1-7H,(H2,14,15,16)/p-2. The van der Waals surface area contributed by atoms with E-state index in [0.717, 1.165) is 6.07 Å². The molecule has 90 valence electrons. The average molecular weight is 256 g/mol. The molecule has 0 saturated carbocycles. The monoisotopic (exact) mass is 256 g/mol. The Morgan fingerprint density at radius 3 is 2.24 bits per heavy atom. The number of benzene rings is 2. The molecule has 0 unspecified atom stereocenters. The fourth-order valence-electron chi connectivity index (χ4n) is 1.64. The molecule has 0 spiro atoms. The van der Waals surface area contributed by atoms with Gasteiger partial charge in [-0.25, -0.2) is 0 Å². The van der Waals surface area contributed by atoms with Gasteiger partial charge in [0.25, 0.3) is 5.66 Å². The summed E-state index contributed by atoms with van der Waals surface area (Å²) >= 11 is 0. The Morgan fingerprint density at radius 1 is 1.00 bits per heavy atom. The molecular weight excluding hydrogens is 249 g/mol. The number of hydrogen-bond acceptors (Lipinski definition) is 3. The third-order valence-corrected chi connectivity index (χ3v) is 3.39. The molecule has 2 aromatic rings. The highest BCUT2D eigenvalue weighted by atomic mass is 31.2. The first-order chi connectivity index (χ1) is 7.84. The van der Waals surface area contributed by atoms with Gasteiger partial charge < -0.3 is 14.4 Å². The van der Waals surface area contributed by atoms with Crippen LogP contribution in [0.5, 0.6) is 0 Å². The minimum Gasteiger partial charge on any atom is -0.806 e. The highest BCUT2D eigenvalue weighted by Crippen LogP contribution is 2.54. The second-order valence-corrected chi connectivity index (χ2v) is 5.12. The van der Waals surface area contributed by atoms with Gasteiger partial charge >= 0.3 is 0 Å². The van der Waals surface area contributed by atoms with Crippen LogP contribution in [0.4, 0.5) is 8.78 Å². The minimum atomic E-state index is -6.03. The lowest BCUT2D eigenvalue weighted by Gasteiger charge is -2.38. The normalized spacial score (nSPS) is 12.9. The van der Waals surface area contributed by atoms with E-state index in [-0.39, 0.29) is 5.39 Å². The van der Waals surface area contributed by atoms with Crippen molar-refractivity contribution in [2.24, 2.45) is 0 Å². The van der Waals surface area contributed by atoms with Crippen molar-refractivity contribution in [3.8, 4) is 0 Å². The molecule has 0 aliphatic rings. The molecule has 0 aromatic heterocycles. The van der Waals surface area contributed by atoms with Gasteiger partial charge in [0.05, 0.1) is 0 Å². The van der Waals surface area contributed by atoms with Crippen molar-refractivity contribution in [1.29, 1.82) is 0 Å². The van der Waals surface area contributed by atoms with Crippen LogP contribution in [-0.2, 0) is 10.2 Å². The lowest BCUT2D eigenvalue weighted by molar-refractivity contribution is -0.334. The smallest absolute Gasteiger partial charge is 0.297 e. The van der Waals surface area contributed by atoms with Crippen molar-refractivity contribution in [3.05, 3.63) is 48.0 Å². The predicted molar refractivity (Wildman–Crippen MR) is 55.4 cm³/mol. The summed E-state index contributed by atoms with van der Waals surface area (Å²) in [7, 11) is -6.03. The molecule has 0 saturated heterocycles. The molecule has 0 heterocycles. The molecule has 0 aliphatic carbocycles. The van der Waals surface area contributed by atoms with Gasteiger partial charge in [0.1, 0.15) is 0 Å². The fraction of sp³-hybridized carbons (Fsp3) is 0.0909. The zero-order valence-corrected chi connectivity index (χ0v) is 9.36. The number of hydrogen-bond donors (Lipinski definition) is 0. The molecule has 0 aliphatic heterocycles. The van der Waals surface area contributed by atoms with E-state index < -0.39 is 18.8 Å². The van der Waals surface area contributed by atoms with Crippen LogP contribution in [0.25, 0.3) is 10.8 Å². The summed E-state index contributed by atoms with van der Waals surface area (Å²) in [5.41, 5.74) is -5.17. The molecule has 0 amide bonds. The lowest BCUT2D eigenvalue weighted by Crippen LogP contribution is -2.29. The maximum Gasteiger partial charge on any atom is 0.297 e. The van der Waals surface area contributed by atoms with Gasteiger partial charge in [-0.1, -0.05) is 42.5 Å². The molecule has 0 radical (unpaired) electrons. The van der Waals surface area contributed by atoms with Crippen LogP contribution in [0.2, 0.25) is 0 Å². The van der Waals surface area contributed by atoms with Crippen LogP contribution < -0.4 is 9.79 Å². The van der Waals surface area contributed by atoms with E-state index in [9.17, 15) is 23.1 Å². The van der Waals surface area contributed by atoms with E-state index in [2.05, 4.69) is 0 Å². The van der Waals surface area contributed by atoms with Crippen LogP contribution >= 0.6 is 7.60 Å². The molecule has 0 N–H and O–H groups in total. The summed E-state index contributed by atoms with van der Waals surface area (Å²) in [6.45, 7) is 0. The Bertz CT molecular complexity index is 601. The van der Waals surface area contributed by atoms with E-state index in [1.807, 2.05) is 0 Å². The van der Waals surface area contributed by atoms with Crippen LogP contribution in [0, 0.1) is 0 Å². The third kappa shape index (κ3) is 1.97. The molecule has 2 aromatic carbocycles. The Balaban J connectivity index is 2.76. The van der Waals surface area contributed by atoms with Crippen LogP contribution in [0.15, 0.2) is 42.5 Å². The van der Waals surface area contributed by atoms with Gasteiger partial charge in [0.15, 0.2) is 0 Å². The first-order valence-corrected chi connectivity index (χ1v) is 6.26. The Morgan fingerprint density at radius 2 is 1.59 bits per heavy atom. The van der Waals surface area contributed by atoms with Crippen molar-refractivity contribution in [1.82, 2.24) is 0 Å². The predicted octanol–water partition coefficient (Wildman–Crippen LogP) is 1.80. The largest absolute Gasteiger partial charge is 0.806 e. The topological polar surface area (TPSA) is 63.2 Å². The van der Waals surface area contributed by atoms with Gasteiger partial charge in [-0.3, -0.25) is 0 Å². The van der Waals surface area contributed by atoms with Crippen molar-refractivity contribution in [3.63, 3.8) is 0 Å². The summed E-state index contributed by atoms with van der Waals surface area (Å²) in [5.74, 6) is 0. The zero-order chi connectivity index (χ0) is 12.7. The average Bonchev–Trinajstić information content (AvgIpc) is 2.26. The van der Waals surface area contributed by atoms with E-state index in [1.54, 1.807) is 18.2 Å². The zero-order valence-electron chi connectivity index (χ0n) is 8.47. The molecule has 6 heteroatoms. The SMILES string of the molecule is O=P([O-])([O-])C(F)(F)c1cccc2ccccc12. The second-order valence-electron chi connectivity index (χ2n) is 3.57. The summed E-state index contributed by atoms with van der Waals surface area (Å²) < 4.78 is 37.6. The summed E-state index contributed by atoms with van der Waals surface area (Å²) in [5, 5.41) is 0.519. The Hall–Kier alpha value is -1.29. The molecule has 17 heavy (non-hydrogen) atoms. The van der Waals surface area contributed by atoms with Gasteiger partial charge in [-0.2, -0.15) is 8.78 Å². The lowest BCUT2D eigenvalue weighted by atomic mass is 10.1. The van der Waals surface area contributed by atoms with Crippen LogP contribution in [0.1, 0.15) is 5.56 Å². The van der Waals surface area contributed by atoms with Gasteiger partial charge in [-0.15, -0.1) is 0 Å². The molecule has 0 fully saturated rings. The molecule has 0 bridgehead atoms. The second kappa shape index (κ2) is 3.88. The summed E-state index contributed by atoms with van der Waals surface area (Å²) in [6.07, 6.45) is 0. The Labute approximate surface area is 95.9 Å². The maximum atomic E-state index is 13.5. The van der Waals surface area contributed by atoms with Crippen molar-refractivity contribution in [2.75, 3.05) is 0 Å². The number of halogens is 2. The third-order valence-electron chi connectivity index (χ3n) is 2.46. The molecular formula is C11H7F2O3P-2. The molecule has 2 rings (SSSR count). The first kappa shape index (κ1) is 12.2. The van der Waals surface area contributed by atoms with E-state index in [0.29, 0.717) is 5.39 Å². The number of alkyl halides is 2. The first-order valence-electron chi connectivity index (χ1n) is 4.72. The quantitative estimate of drug-likeness (QED) is 0.769. The van der Waals surface area contributed by atoms with Crippen LogP contribution in [0.3, 0.4) is 0 Å². The van der Waals surface area contributed by atoms with Crippen LogP contribution in [-0.4, -0.2) is 0 Å². The van der Waals surface area contributed by atoms with Crippen molar-refractivity contribution in [2.45, 2.75) is 5.66 Å². The maximum absolute atomic E-state index is 13.5. The van der Waals surface area contributed by atoms with Gasteiger partial charge in [-0.05, 0) is 10.8 Å². The number of rotatable bonds is 2. The Kier molecular flexibility index (Phi) is 2.78. The number of fused-ring (bicyclic) bond motifs is 1. The summed E-state index contributed by atoms with van der Waals surface area (Å²) in [6, 6.07) is 9.87. The molecule has 0 atom stereocenters. The van der Waals surface area contributed by atoms with E-state index in [1.165, 1.54) is 18.2 Å². The highest BCUT2D eigenvalue weighted by molar-refractivity contribution is 7.49. The van der Waals surface area contributed by atoms with Gasteiger partial charge in [0.2, 0.25) is 0 Å². The molecule has 3 nitrogen and oxygen atoms in total. The van der Waals surface area contributed by atoms with E-state index >= 15 is 0 Å². The van der Waals surface area contributed by atoms with Crippen molar-refractivity contribution < 1.29 is 23.1 Å². The van der Waals surface area contributed by atoms with Crippen molar-refractivity contribution >= 4 is 18.4 Å².